The van der Waals surface area contributed by atoms with E-state index in [1.807, 2.05) is 5.38 Å². The van der Waals surface area contributed by atoms with Crippen molar-refractivity contribution in [2.45, 2.75) is 13.0 Å². The number of carbonyl (C=O) groups excluding carboxylic acids is 1. The van der Waals surface area contributed by atoms with Crippen molar-refractivity contribution in [2.75, 3.05) is 12.4 Å². The van der Waals surface area contributed by atoms with Crippen LogP contribution in [0.25, 0.3) is 0 Å². The maximum Gasteiger partial charge on any atom is 0.328 e. The van der Waals surface area contributed by atoms with E-state index >= 15 is 0 Å². The van der Waals surface area contributed by atoms with Crippen LogP contribution in [0.15, 0.2) is 11.6 Å². The van der Waals surface area contributed by atoms with E-state index in [0.717, 1.165) is 5.13 Å². The molecule has 0 unspecified atom stereocenters. The molecule has 0 bridgehead atoms. The second-order valence-corrected chi connectivity index (χ2v) is 3.12. The quantitative estimate of drug-likeness (QED) is 0.718. The zero-order chi connectivity index (χ0) is 8.97. The summed E-state index contributed by atoms with van der Waals surface area (Å²) in [5.74, 6) is -0.287. The second-order valence-electron chi connectivity index (χ2n) is 2.23. The first-order chi connectivity index (χ1) is 5.74. The van der Waals surface area contributed by atoms with Crippen molar-refractivity contribution in [3.63, 3.8) is 0 Å². The summed E-state index contributed by atoms with van der Waals surface area (Å²) in [7, 11) is 1.36. The van der Waals surface area contributed by atoms with Gasteiger partial charge in [0.05, 0.1) is 7.11 Å². The molecular weight excluding hydrogens is 176 g/mol. The fourth-order valence-electron chi connectivity index (χ4n) is 0.716. The number of hydrogen-bond donors (Lipinski definition) is 1. The van der Waals surface area contributed by atoms with E-state index in [2.05, 4.69) is 15.0 Å². The number of rotatable bonds is 3. The molecule has 1 heterocycles. The van der Waals surface area contributed by atoms with Crippen LogP contribution in [0.5, 0.6) is 0 Å². The highest BCUT2D eigenvalue weighted by molar-refractivity contribution is 7.13. The maximum absolute atomic E-state index is 10.9. The molecule has 1 atom stereocenters. The molecule has 0 fully saturated rings. The van der Waals surface area contributed by atoms with Crippen LogP contribution in [0.1, 0.15) is 6.92 Å². The Bertz CT molecular complexity index is 248. The molecular formula is C7H10N2O2S. The molecule has 0 spiro atoms. The van der Waals surface area contributed by atoms with Gasteiger partial charge >= 0.3 is 5.97 Å². The number of nitrogens with zero attached hydrogens (tertiary/aromatic N) is 1. The molecule has 66 valence electrons. The standard InChI is InChI=1S/C7H10N2O2S/c1-5(6(10)11-2)9-7-8-3-4-12-7/h3-5H,1-2H3,(H,8,9)/t5-/m0/s1. The molecule has 0 amide bonds. The number of nitrogens with one attached hydrogen (secondary N) is 1. The zero-order valence-corrected chi connectivity index (χ0v) is 7.72. The molecule has 1 rings (SSSR count). The first kappa shape index (κ1) is 8.99. The van der Waals surface area contributed by atoms with E-state index in [0.29, 0.717) is 0 Å². The maximum atomic E-state index is 10.9. The summed E-state index contributed by atoms with van der Waals surface area (Å²) in [6.07, 6.45) is 1.68. The molecule has 1 aromatic rings. The zero-order valence-electron chi connectivity index (χ0n) is 6.90. The number of aromatic nitrogens is 1. The Labute approximate surface area is 74.6 Å². The van der Waals surface area contributed by atoms with Crippen molar-refractivity contribution in [3.8, 4) is 0 Å². The number of anilines is 1. The minimum atomic E-state index is -0.346. The third-order valence-corrected chi connectivity index (χ3v) is 2.03. The Kier molecular flexibility index (Phi) is 3.04. The lowest BCUT2D eigenvalue weighted by Gasteiger charge is -2.09. The number of thiazole rings is 1. The Balaban J connectivity index is 2.47. The number of esters is 1. The number of carbonyl (C=O) groups is 1. The van der Waals surface area contributed by atoms with Gasteiger partial charge < -0.3 is 10.1 Å². The summed E-state index contributed by atoms with van der Waals surface area (Å²) in [5.41, 5.74) is 0. The van der Waals surface area contributed by atoms with Crippen molar-refractivity contribution in [1.29, 1.82) is 0 Å². The van der Waals surface area contributed by atoms with E-state index < -0.39 is 0 Å². The molecule has 12 heavy (non-hydrogen) atoms. The molecule has 0 aliphatic heterocycles. The van der Waals surface area contributed by atoms with E-state index in [1.165, 1.54) is 18.4 Å². The van der Waals surface area contributed by atoms with Crippen LogP contribution in [0, 0.1) is 0 Å². The van der Waals surface area contributed by atoms with Gasteiger partial charge in [-0.05, 0) is 6.92 Å². The molecule has 0 saturated heterocycles. The van der Waals surface area contributed by atoms with Crippen LogP contribution >= 0.6 is 11.3 Å². The van der Waals surface area contributed by atoms with Gasteiger partial charge in [-0.25, -0.2) is 9.78 Å². The SMILES string of the molecule is COC(=O)[C@H](C)Nc1nccs1. The van der Waals surface area contributed by atoms with Gasteiger partial charge in [0.2, 0.25) is 0 Å². The number of hydrogen-bond acceptors (Lipinski definition) is 5. The smallest absolute Gasteiger partial charge is 0.328 e. The van der Waals surface area contributed by atoms with Gasteiger partial charge in [-0.2, -0.15) is 0 Å². The summed E-state index contributed by atoms with van der Waals surface area (Å²) in [5, 5.41) is 5.47. The van der Waals surface area contributed by atoms with Crippen molar-refractivity contribution in [2.24, 2.45) is 0 Å². The van der Waals surface area contributed by atoms with Gasteiger partial charge in [-0.3, -0.25) is 0 Å². The summed E-state index contributed by atoms with van der Waals surface area (Å²) in [6.45, 7) is 1.73. The van der Waals surface area contributed by atoms with Crippen LogP contribution in [-0.2, 0) is 9.53 Å². The highest BCUT2D eigenvalue weighted by atomic mass is 32.1. The van der Waals surface area contributed by atoms with E-state index in [4.69, 9.17) is 0 Å². The predicted octanol–water partition coefficient (Wildman–Crippen LogP) is 1.12. The van der Waals surface area contributed by atoms with Gasteiger partial charge in [-0.15, -0.1) is 11.3 Å². The lowest BCUT2D eigenvalue weighted by molar-refractivity contribution is -0.141. The third kappa shape index (κ3) is 2.20. The third-order valence-electron chi connectivity index (χ3n) is 1.33. The normalized spacial score (nSPS) is 12.2. The molecule has 0 radical (unpaired) electrons. The Hall–Kier alpha value is -1.10. The topological polar surface area (TPSA) is 51.2 Å². The minimum Gasteiger partial charge on any atom is -0.467 e. The predicted molar refractivity (Wildman–Crippen MR) is 47.2 cm³/mol. The fraction of sp³-hybridized carbons (Fsp3) is 0.429. The summed E-state index contributed by atoms with van der Waals surface area (Å²) >= 11 is 1.45. The molecule has 4 nitrogen and oxygen atoms in total. The lowest BCUT2D eigenvalue weighted by atomic mass is 10.3. The molecule has 5 heteroatoms. The van der Waals surface area contributed by atoms with Gasteiger partial charge in [0.15, 0.2) is 5.13 Å². The van der Waals surface area contributed by atoms with Crippen LogP contribution in [0.3, 0.4) is 0 Å². The van der Waals surface area contributed by atoms with Crippen molar-refractivity contribution >= 4 is 22.4 Å². The van der Waals surface area contributed by atoms with Crippen LogP contribution in [-0.4, -0.2) is 24.1 Å². The minimum absolute atomic E-state index is 0.287. The second kappa shape index (κ2) is 4.06. The molecule has 0 aromatic carbocycles. The first-order valence-corrected chi connectivity index (χ1v) is 4.36. The Morgan fingerprint density at radius 2 is 2.58 bits per heavy atom. The molecule has 0 aliphatic rings. The monoisotopic (exact) mass is 186 g/mol. The van der Waals surface area contributed by atoms with Gasteiger partial charge in [0.1, 0.15) is 6.04 Å². The van der Waals surface area contributed by atoms with E-state index in [-0.39, 0.29) is 12.0 Å². The summed E-state index contributed by atoms with van der Waals surface area (Å²) in [4.78, 5) is 14.9. The van der Waals surface area contributed by atoms with Crippen molar-refractivity contribution < 1.29 is 9.53 Å². The molecule has 0 saturated carbocycles. The highest BCUT2D eigenvalue weighted by Gasteiger charge is 2.12. The fourth-order valence-corrected chi connectivity index (χ4v) is 1.33. The highest BCUT2D eigenvalue weighted by Crippen LogP contribution is 2.11. The van der Waals surface area contributed by atoms with Gasteiger partial charge in [0, 0.05) is 11.6 Å². The van der Waals surface area contributed by atoms with Crippen LogP contribution in [0.2, 0.25) is 0 Å². The van der Waals surface area contributed by atoms with Gasteiger partial charge in [-0.1, -0.05) is 0 Å². The van der Waals surface area contributed by atoms with Crippen molar-refractivity contribution in [1.82, 2.24) is 4.98 Å². The summed E-state index contributed by atoms with van der Waals surface area (Å²) < 4.78 is 4.54. The van der Waals surface area contributed by atoms with Crippen LogP contribution < -0.4 is 5.32 Å². The molecule has 0 aliphatic carbocycles. The average molecular weight is 186 g/mol. The van der Waals surface area contributed by atoms with E-state index in [1.54, 1.807) is 13.1 Å². The average Bonchev–Trinajstić information content (AvgIpc) is 2.55. The largest absolute Gasteiger partial charge is 0.467 e. The molecule has 1 N–H and O–H groups in total. The van der Waals surface area contributed by atoms with Crippen LogP contribution in [0.4, 0.5) is 5.13 Å². The van der Waals surface area contributed by atoms with Gasteiger partial charge in [0.25, 0.3) is 0 Å². The summed E-state index contributed by atoms with van der Waals surface area (Å²) in [6, 6.07) is -0.346. The Morgan fingerprint density at radius 3 is 3.08 bits per heavy atom. The molecule has 1 aromatic heterocycles. The first-order valence-electron chi connectivity index (χ1n) is 3.48. The number of ether oxygens (including phenoxy) is 1. The van der Waals surface area contributed by atoms with Crippen molar-refractivity contribution in [3.05, 3.63) is 11.6 Å². The van der Waals surface area contributed by atoms with E-state index in [9.17, 15) is 4.79 Å². The number of methoxy groups -OCH3 is 1. The Morgan fingerprint density at radius 1 is 1.83 bits per heavy atom. The lowest BCUT2D eigenvalue weighted by Crippen LogP contribution is -2.26.